The first kappa shape index (κ1) is 22.8. The molecule has 1 N–H and O–H groups in total. The number of hydrogen-bond donors (Lipinski definition) is 1. The summed E-state index contributed by atoms with van der Waals surface area (Å²) in [7, 11) is 1.86. The fourth-order valence-corrected chi connectivity index (χ4v) is 6.07. The number of nitrogens with zero attached hydrogens (tertiary/aromatic N) is 4. The normalized spacial score (nSPS) is 30.6. The van der Waals surface area contributed by atoms with Gasteiger partial charge in [-0.3, -0.25) is 14.6 Å². The number of piperidine rings is 1. The lowest BCUT2D eigenvalue weighted by Crippen LogP contribution is -2.54. The second kappa shape index (κ2) is 10.5. The standard InChI is InChI=1S/C23H40N4O4/c1-24-20(8-7-18-9-11-26(12-10-18)19-5-3-2-4-6-19)22(31-23(24)30)27-15-13-25(14-16-27)17-21(28)29/h18-20,22H,2-17H2,1H3,(H,28,29). The van der Waals surface area contributed by atoms with Crippen molar-refractivity contribution in [2.75, 3.05) is 52.9 Å². The van der Waals surface area contributed by atoms with Crippen LogP contribution in [0.4, 0.5) is 4.79 Å². The molecule has 8 nitrogen and oxygen atoms in total. The van der Waals surface area contributed by atoms with Crippen LogP contribution in [0.3, 0.4) is 0 Å². The van der Waals surface area contributed by atoms with E-state index in [0.717, 1.165) is 37.9 Å². The maximum atomic E-state index is 12.3. The van der Waals surface area contributed by atoms with Crippen molar-refractivity contribution in [3.63, 3.8) is 0 Å². The van der Waals surface area contributed by atoms with Crippen LogP contribution in [0.25, 0.3) is 0 Å². The summed E-state index contributed by atoms with van der Waals surface area (Å²) in [5.74, 6) is -0.0371. The van der Waals surface area contributed by atoms with Gasteiger partial charge in [-0.15, -0.1) is 0 Å². The number of likely N-dealkylation sites (tertiary alicyclic amines) is 1. The molecular weight excluding hydrogens is 396 g/mol. The average Bonchev–Trinajstić information content (AvgIpc) is 3.07. The van der Waals surface area contributed by atoms with Gasteiger partial charge in [0.15, 0.2) is 6.23 Å². The van der Waals surface area contributed by atoms with E-state index in [1.54, 1.807) is 4.90 Å². The molecule has 3 heterocycles. The minimum atomic E-state index is -0.784. The van der Waals surface area contributed by atoms with E-state index in [4.69, 9.17) is 9.84 Å². The second-order valence-corrected chi connectivity index (χ2v) is 10.0. The molecular formula is C23H40N4O4. The van der Waals surface area contributed by atoms with Gasteiger partial charge in [-0.2, -0.15) is 0 Å². The second-order valence-electron chi connectivity index (χ2n) is 10.0. The molecule has 8 heteroatoms. The van der Waals surface area contributed by atoms with Crippen molar-refractivity contribution in [2.45, 2.75) is 76.1 Å². The van der Waals surface area contributed by atoms with Crippen LogP contribution in [0.5, 0.6) is 0 Å². The van der Waals surface area contributed by atoms with Gasteiger partial charge in [0.05, 0.1) is 12.6 Å². The molecule has 3 aliphatic heterocycles. The molecule has 0 aromatic heterocycles. The predicted octanol–water partition coefficient (Wildman–Crippen LogP) is 2.29. The summed E-state index contributed by atoms with van der Waals surface area (Å²) >= 11 is 0. The Balaban J connectivity index is 1.24. The van der Waals surface area contributed by atoms with E-state index in [2.05, 4.69) is 9.80 Å². The Kier molecular flexibility index (Phi) is 7.72. The molecule has 176 valence electrons. The molecule has 4 fully saturated rings. The minimum Gasteiger partial charge on any atom is -0.480 e. The highest BCUT2D eigenvalue weighted by Gasteiger charge is 2.43. The van der Waals surface area contributed by atoms with Gasteiger partial charge in [-0.25, -0.2) is 4.79 Å². The topological polar surface area (TPSA) is 76.6 Å². The van der Waals surface area contributed by atoms with Gasteiger partial charge in [-0.05, 0) is 57.5 Å². The number of carboxylic acids is 1. The molecule has 2 atom stereocenters. The van der Waals surface area contributed by atoms with Gasteiger partial charge in [0.25, 0.3) is 0 Å². The van der Waals surface area contributed by atoms with E-state index in [1.807, 2.05) is 11.9 Å². The van der Waals surface area contributed by atoms with Crippen molar-refractivity contribution in [1.82, 2.24) is 19.6 Å². The molecule has 0 bridgehead atoms. The first-order valence-electron chi connectivity index (χ1n) is 12.4. The third-order valence-electron chi connectivity index (χ3n) is 8.07. The van der Waals surface area contributed by atoms with Crippen molar-refractivity contribution in [3.8, 4) is 0 Å². The third kappa shape index (κ3) is 5.71. The fraction of sp³-hybridized carbons (Fsp3) is 0.913. The number of piperazine rings is 1. The third-order valence-corrected chi connectivity index (χ3v) is 8.07. The lowest BCUT2D eigenvalue weighted by Gasteiger charge is -2.40. The Morgan fingerprint density at radius 3 is 2.26 bits per heavy atom. The molecule has 0 aromatic rings. The Morgan fingerprint density at radius 2 is 1.61 bits per heavy atom. The monoisotopic (exact) mass is 436 g/mol. The van der Waals surface area contributed by atoms with Crippen molar-refractivity contribution < 1.29 is 19.4 Å². The quantitative estimate of drug-likeness (QED) is 0.656. The maximum Gasteiger partial charge on any atom is 0.411 e. The van der Waals surface area contributed by atoms with Crippen LogP contribution in [0, 0.1) is 5.92 Å². The first-order valence-corrected chi connectivity index (χ1v) is 12.4. The summed E-state index contributed by atoms with van der Waals surface area (Å²) in [4.78, 5) is 32.0. The zero-order chi connectivity index (χ0) is 21.8. The van der Waals surface area contributed by atoms with E-state index in [9.17, 15) is 9.59 Å². The number of carboxylic acid groups (broad SMARTS) is 1. The number of hydrogen-bond acceptors (Lipinski definition) is 6. The molecule has 0 aromatic carbocycles. The Bertz CT molecular complexity index is 611. The molecule has 0 radical (unpaired) electrons. The van der Waals surface area contributed by atoms with Gasteiger partial charge in [0, 0.05) is 39.3 Å². The summed E-state index contributed by atoms with van der Waals surface area (Å²) < 4.78 is 5.75. The molecule has 3 saturated heterocycles. The van der Waals surface area contributed by atoms with Crippen molar-refractivity contribution >= 4 is 12.1 Å². The average molecular weight is 437 g/mol. The lowest BCUT2D eigenvalue weighted by atomic mass is 9.87. The maximum absolute atomic E-state index is 12.3. The number of cyclic esters (lactones) is 1. The fourth-order valence-electron chi connectivity index (χ4n) is 6.07. The Hall–Kier alpha value is -1.38. The van der Waals surface area contributed by atoms with Gasteiger partial charge >= 0.3 is 12.1 Å². The van der Waals surface area contributed by atoms with Crippen LogP contribution in [-0.4, -0.2) is 108 Å². The minimum absolute atomic E-state index is 0.0845. The zero-order valence-electron chi connectivity index (χ0n) is 19.1. The van der Waals surface area contributed by atoms with Crippen molar-refractivity contribution in [1.29, 1.82) is 0 Å². The number of likely N-dealkylation sites (N-methyl/N-ethyl adjacent to an activating group) is 1. The van der Waals surface area contributed by atoms with Crippen LogP contribution in [0.15, 0.2) is 0 Å². The van der Waals surface area contributed by atoms with E-state index in [0.29, 0.717) is 13.1 Å². The number of rotatable bonds is 7. The van der Waals surface area contributed by atoms with Gasteiger partial charge in [0.1, 0.15) is 0 Å². The number of carbonyl (C=O) groups is 2. The van der Waals surface area contributed by atoms with Crippen molar-refractivity contribution in [2.24, 2.45) is 5.92 Å². The van der Waals surface area contributed by atoms with Crippen LogP contribution in [0.2, 0.25) is 0 Å². The number of carbonyl (C=O) groups excluding carboxylic acids is 1. The first-order chi connectivity index (χ1) is 15.0. The van der Waals surface area contributed by atoms with Gasteiger partial charge in [-0.1, -0.05) is 19.3 Å². The summed E-state index contributed by atoms with van der Waals surface area (Å²) in [6.45, 7) is 5.46. The Morgan fingerprint density at radius 1 is 0.935 bits per heavy atom. The summed E-state index contributed by atoms with van der Waals surface area (Å²) in [5, 5.41) is 9.00. The molecule has 0 spiro atoms. The van der Waals surface area contributed by atoms with Crippen molar-refractivity contribution in [3.05, 3.63) is 0 Å². The molecule has 2 unspecified atom stereocenters. The van der Waals surface area contributed by atoms with Crippen LogP contribution < -0.4 is 0 Å². The molecule has 1 amide bonds. The number of aliphatic carboxylic acids is 1. The number of amides is 1. The molecule has 4 aliphatic rings. The highest BCUT2D eigenvalue weighted by Crippen LogP contribution is 2.32. The molecule has 1 saturated carbocycles. The Labute approximate surface area is 186 Å². The molecule has 4 rings (SSSR count). The smallest absolute Gasteiger partial charge is 0.411 e. The molecule has 31 heavy (non-hydrogen) atoms. The zero-order valence-corrected chi connectivity index (χ0v) is 19.1. The highest BCUT2D eigenvalue weighted by atomic mass is 16.6. The SMILES string of the molecule is CN1C(=O)OC(N2CCN(CC(=O)O)CC2)C1CCC1CCN(C2CCCCC2)CC1. The van der Waals surface area contributed by atoms with E-state index < -0.39 is 5.97 Å². The predicted molar refractivity (Wildman–Crippen MR) is 118 cm³/mol. The number of ether oxygens (including phenoxy) is 1. The van der Waals surface area contributed by atoms with E-state index in [-0.39, 0.29) is 24.9 Å². The van der Waals surface area contributed by atoms with E-state index in [1.165, 1.54) is 58.0 Å². The summed E-state index contributed by atoms with van der Waals surface area (Å²) in [6, 6.07) is 0.917. The largest absolute Gasteiger partial charge is 0.480 e. The van der Waals surface area contributed by atoms with Gasteiger partial charge in [0.2, 0.25) is 0 Å². The molecule has 1 aliphatic carbocycles. The van der Waals surface area contributed by atoms with Crippen LogP contribution in [-0.2, 0) is 9.53 Å². The summed E-state index contributed by atoms with van der Waals surface area (Å²) in [6.07, 6.45) is 11.3. The van der Waals surface area contributed by atoms with Crippen LogP contribution >= 0.6 is 0 Å². The lowest BCUT2D eigenvalue weighted by molar-refractivity contribution is -0.139. The van der Waals surface area contributed by atoms with Crippen LogP contribution in [0.1, 0.15) is 57.8 Å². The summed E-state index contributed by atoms with van der Waals surface area (Å²) in [5.41, 5.74) is 0. The van der Waals surface area contributed by atoms with E-state index >= 15 is 0 Å². The van der Waals surface area contributed by atoms with Gasteiger partial charge < -0.3 is 19.6 Å². The highest BCUT2D eigenvalue weighted by molar-refractivity contribution is 5.70.